The van der Waals surface area contributed by atoms with E-state index in [-0.39, 0.29) is 11.9 Å². The van der Waals surface area contributed by atoms with Crippen molar-refractivity contribution in [1.82, 2.24) is 4.90 Å². The third-order valence-corrected chi connectivity index (χ3v) is 4.67. The number of ether oxygens (including phenoxy) is 1. The van der Waals surface area contributed by atoms with Crippen LogP contribution in [0.3, 0.4) is 0 Å². The summed E-state index contributed by atoms with van der Waals surface area (Å²) in [5.74, 6) is 0.714. The maximum atomic E-state index is 13.2. The average Bonchev–Trinajstić information content (AvgIpc) is 3.12. The van der Waals surface area contributed by atoms with Crippen LogP contribution in [-0.2, 0) is 0 Å². The molecule has 25 heavy (non-hydrogen) atoms. The number of hydrogen-bond acceptors (Lipinski definition) is 3. The Morgan fingerprint density at radius 1 is 1.24 bits per heavy atom. The zero-order valence-electron chi connectivity index (χ0n) is 14.8. The van der Waals surface area contributed by atoms with Gasteiger partial charge in [0.15, 0.2) is 0 Å². The summed E-state index contributed by atoms with van der Waals surface area (Å²) in [6, 6.07) is 16.2. The summed E-state index contributed by atoms with van der Waals surface area (Å²) < 4.78 is 5.85. The standard InChI is InChI=1S/C21H26N2O2/c1-16-10-11-18(20(15-16)25-14-6-12-22)21(24)23-13-5-9-19(23)17-7-3-2-4-8-17/h2-4,7-8,10-11,15,19H,5-6,9,12-14,22H2,1H3/t19-/m1/s1. The number of hydrogen-bond donors (Lipinski definition) is 1. The second-order valence-corrected chi connectivity index (χ2v) is 6.56. The first-order valence-corrected chi connectivity index (χ1v) is 9.00. The van der Waals surface area contributed by atoms with E-state index in [1.807, 2.05) is 48.2 Å². The summed E-state index contributed by atoms with van der Waals surface area (Å²) in [7, 11) is 0. The fourth-order valence-corrected chi connectivity index (χ4v) is 3.38. The molecule has 1 saturated heterocycles. The second kappa shape index (κ2) is 8.17. The lowest BCUT2D eigenvalue weighted by Gasteiger charge is -2.26. The molecule has 0 bridgehead atoms. The predicted molar refractivity (Wildman–Crippen MR) is 99.8 cm³/mol. The van der Waals surface area contributed by atoms with Crippen LogP contribution in [-0.4, -0.2) is 30.5 Å². The van der Waals surface area contributed by atoms with Gasteiger partial charge < -0.3 is 15.4 Å². The fourth-order valence-electron chi connectivity index (χ4n) is 3.38. The van der Waals surface area contributed by atoms with Gasteiger partial charge in [-0.05, 0) is 56.0 Å². The quantitative estimate of drug-likeness (QED) is 0.817. The molecule has 1 atom stereocenters. The second-order valence-electron chi connectivity index (χ2n) is 6.56. The Hall–Kier alpha value is -2.33. The molecule has 4 nitrogen and oxygen atoms in total. The van der Waals surface area contributed by atoms with Crippen LogP contribution in [0.5, 0.6) is 5.75 Å². The number of nitrogens with two attached hydrogens (primary N) is 1. The number of benzene rings is 2. The lowest BCUT2D eigenvalue weighted by atomic mass is 10.0. The predicted octanol–water partition coefficient (Wildman–Crippen LogP) is 3.70. The molecule has 0 spiro atoms. The molecule has 0 unspecified atom stereocenters. The number of carbonyl (C=O) groups excluding carboxylic acids is 1. The number of rotatable bonds is 6. The van der Waals surface area contributed by atoms with Gasteiger partial charge >= 0.3 is 0 Å². The molecule has 132 valence electrons. The van der Waals surface area contributed by atoms with Gasteiger partial charge in [-0.1, -0.05) is 36.4 Å². The van der Waals surface area contributed by atoms with Crippen LogP contribution in [0.25, 0.3) is 0 Å². The maximum Gasteiger partial charge on any atom is 0.258 e. The summed E-state index contributed by atoms with van der Waals surface area (Å²) in [5, 5.41) is 0. The van der Waals surface area contributed by atoms with E-state index in [0.29, 0.717) is 24.5 Å². The van der Waals surface area contributed by atoms with Gasteiger partial charge in [0, 0.05) is 6.54 Å². The number of nitrogens with zero attached hydrogens (tertiary/aromatic N) is 1. The molecule has 2 N–H and O–H groups in total. The van der Waals surface area contributed by atoms with E-state index in [2.05, 4.69) is 12.1 Å². The van der Waals surface area contributed by atoms with Crippen LogP contribution in [0.1, 0.15) is 46.8 Å². The maximum absolute atomic E-state index is 13.2. The molecule has 0 saturated carbocycles. The first kappa shape index (κ1) is 17.5. The molecule has 1 amide bonds. The van der Waals surface area contributed by atoms with Crippen LogP contribution in [0.4, 0.5) is 0 Å². The number of amides is 1. The Labute approximate surface area is 149 Å². The van der Waals surface area contributed by atoms with E-state index in [0.717, 1.165) is 31.4 Å². The molecule has 2 aromatic rings. The van der Waals surface area contributed by atoms with Crippen molar-refractivity contribution in [1.29, 1.82) is 0 Å². The molecule has 1 heterocycles. The monoisotopic (exact) mass is 338 g/mol. The lowest BCUT2D eigenvalue weighted by Crippen LogP contribution is -2.31. The van der Waals surface area contributed by atoms with Crippen LogP contribution < -0.4 is 10.5 Å². The third kappa shape index (κ3) is 4.02. The van der Waals surface area contributed by atoms with Gasteiger partial charge in [-0.3, -0.25) is 4.79 Å². The minimum Gasteiger partial charge on any atom is -0.493 e. The zero-order chi connectivity index (χ0) is 17.6. The molecular weight excluding hydrogens is 312 g/mol. The first-order chi connectivity index (χ1) is 12.2. The van der Waals surface area contributed by atoms with Crippen LogP contribution in [0.15, 0.2) is 48.5 Å². The highest BCUT2D eigenvalue weighted by atomic mass is 16.5. The molecule has 0 aliphatic carbocycles. The van der Waals surface area contributed by atoms with E-state index in [4.69, 9.17) is 10.5 Å². The van der Waals surface area contributed by atoms with E-state index in [1.165, 1.54) is 5.56 Å². The molecular formula is C21H26N2O2. The van der Waals surface area contributed by atoms with E-state index >= 15 is 0 Å². The SMILES string of the molecule is Cc1ccc(C(=O)N2CCC[C@@H]2c2ccccc2)c(OCCCN)c1. The van der Waals surface area contributed by atoms with Crippen molar-refractivity contribution in [3.05, 3.63) is 65.2 Å². The van der Waals surface area contributed by atoms with Gasteiger partial charge in [0.25, 0.3) is 5.91 Å². The Morgan fingerprint density at radius 3 is 2.80 bits per heavy atom. The van der Waals surface area contributed by atoms with Gasteiger partial charge in [0.2, 0.25) is 0 Å². The van der Waals surface area contributed by atoms with Crippen molar-refractivity contribution in [2.24, 2.45) is 5.73 Å². The molecule has 1 fully saturated rings. The van der Waals surface area contributed by atoms with Crippen LogP contribution >= 0.6 is 0 Å². The Morgan fingerprint density at radius 2 is 2.04 bits per heavy atom. The van der Waals surface area contributed by atoms with Gasteiger partial charge in [-0.25, -0.2) is 0 Å². The van der Waals surface area contributed by atoms with Crippen molar-refractivity contribution in [3.8, 4) is 5.75 Å². The van der Waals surface area contributed by atoms with Gasteiger partial charge in [0.05, 0.1) is 18.2 Å². The van der Waals surface area contributed by atoms with Gasteiger partial charge in [-0.15, -0.1) is 0 Å². The molecule has 0 radical (unpaired) electrons. The zero-order valence-corrected chi connectivity index (χ0v) is 14.8. The minimum atomic E-state index is 0.0501. The van der Waals surface area contributed by atoms with Crippen molar-refractivity contribution < 1.29 is 9.53 Å². The Kier molecular flexibility index (Phi) is 5.71. The highest BCUT2D eigenvalue weighted by molar-refractivity contribution is 5.97. The number of aryl methyl sites for hydroxylation is 1. The Balaban J connectivity index is 1.84. The van der Waals surface area contributed by atoms with Crippen LogP contribution in [0.2, 0.25) is 0 Å². The fraction of sp³-hybridized carbons (Fsp3) is 0.381. The van der Waals surface area contributed by atoms with Gasteiger partial charge in [0.1, 0.15) is 5.75 Å². The molecule has 0 aromatic heterocycles. The van der Waals surface area contributed by atoms with Gasteiger partial charge in [-0.2, -0.15) is 0 Å². The molecule has 1 aliphatic heterocycles. The largest absolute Gasteiger partial charge is 0.493 e. The molecule has 3 rings (SSSR count). The average molecular weight is 338 g/mol. The van der Waals surface area contributed by atoms with Crippen LogP contribution in [0, 0.1) is 6.92 Å². The summed E-state index contributed by atoms with van der Waals surface area (Å²) in [6.07, 6.45) is 2.81. The first-order valence-electron chi connectivity index (χ1n) is 9.00. The topological polar surface area (TPSA) is 55.6 Å². The minimum absolute atomic E-state index is 0.0501. The van der Waals surface area contributed by atoms with Crippen molar-refractivity contribution in [2.45, 2.75) is 32.2 Å². The van der Waals surface area contributed by atoms with E-state index in [9.17, 15) is 4.79 Å². The summed E-state index contributed by atoms with van der Waals surface area (Å²) in [5.41, 5.74) is 8.48. The summed E-state index contributed by atoms with van der Waals surface area (Å²) in [4.78, 5) is 15.2. The lowest BCUT2D eigenvalue weighted by molar-refractivity contribution is 0.0731. The highest BCUT2D eigenvalue weighted by Crippen LogP contribution is 2.34. The van der Waals surface area contributed by atoms with Crippen molar-refractivity contribution >= 4 is 5.91 Å². The third-order valence-electron chi connectivity index (χ3n) is 4.67. The Bertz CT molecular complexity index is 715. The van der Waals surface area contributed by atoms with E-state index in [1.54, 1.807) is 0 Å². The number of likely N-dealkylation sites (tertiary alicyclic amines) is 1. The summed E-state index contributed by atoms with van der Waals surface area (Å²) >= 11 is 0. The normalized spacial score (nSPS) is 16.9. The van der Waals surface area contributed by atoms with Crippen molar-refractivity contribution in [2.75, 3.05) is 19.7 Å². The number of carbonyl (C=O) groups is 1. The summed E-state index contributed by atoms with van der Waals surface area (Å²) in [6.45, 7) is 3.90. The molecule has 4 heteroatoms. The van der Waals surface area contributed by atoms with Crippen molar-refractivity contribution in [3.63, 3.8) is 0 Å². The molecule has 2 aromatic carbocycles. The van der Waals surface area contributed by atoms with E-state index < -0.39 is 0 Å². The molecule has 1 aliphatic rings. The smallest absolute Gasteiger partial charge is 0.258 e. The highest BCUT2D eigenvalue weighted by Gasteiger charge is 2.31.